The van der Waals surface area contributed by atoms with Gasteiger partial charge in [0, 0.05) is 22.0 Å². The van der Waals surface area contributed by atoms with Gasteiger partial charge < -0.3 is 9.47 Å². The SMILES string of the molecule is CCOc1ccccc1C(Cl)c1cc(Br)cc2c1OCC2. The Labute approximate surface area is 138 Å². The molecule has 4 heteroatoms. The van der Waals surface area contributed by atoms with Gasteiger partial charge in [0.25, 0.3) is 0 Å². The predicted molar refractivity (Wildman–Crippen MR) is 88.6 cm³/mol. The van der Waals surface area contributed by atoms with E-state index in [1.165, 1.54) is 5.56 Å². The van der Waals surface area contributed by atoms with E-state index in [1.807, 2.05) is 37.3 Å². The number of hydrogen-bond donors (Lipinski definition) is 0. The topological polar surface area (TPSA) is 18.5 Å². The van der Waals surface area contributed by atoms with Gasteiger partial charge in [-0.3, -0.25) is 0 Å². The second-order valence-corrected chi connectivity index (χ2v) is 6.27. The summed E-state index contributed by atoms with van der Waals surface area (Å²) < 4.78 is 12.5. The molecule has 0 bridgehead atoms. The number of fused-ring (bicyclic) bond motifs is 1. The van der Waals surface area contributed by atoms with E-state index in [0.717, 1.165) is 40.1 Å². The van der Waals surface area contributed by atoms with Crippen molar-refractivity contribution in [2.24, 2.45) is 0 Å². The standard InChI is InChI=1S/C17H16BrClO2/c1-2-20-15-6-4-3-5-13(15)16(19)14-10-12(18)9-11-7-8-21-17(11)14/h3-6,9-10,16H,2,7-8H2,1H3. The molecule has 0 amide bonds. The zero-order valence-corrected chi connectivity index (χ0v) is 14.1. The van der Waals surface area contributed by atoms with Crippen LogP contribution < -0.4 is 9.47 Å². The largest absolute Gasteiger partial charge is 0.494 e. The van der Waals surface area contributed by atoms with E-state index in [-0.39, 0.29) is 5.38 Å². The van der Waals surface area contributed by atoms with Crippen LogP contribution in [-0.2, 0) is 6.42 Å². The summed E-state index contributed by atoms with van der Waals surface area (Å²) in [7, 11) is 0. The Bertz CT molecular complexity index is 657. The highest BCUT2D eigenvalue weighted by molar-refractivity contribution is 9.10. The second kappa shape index (κ2) is 6.29. The van der Waals surface area contributed by atoms with Crippen LogP contribution in [0.15, 0.2) is 40.9 Å². The molecule has 3 rings (SSSR count). The van der Waals surface area contributed by atoms with E-state index in [4.69, 9.17) is 21.1 Å². The predicted octanol–water partition coefficient (Wildman–Crippen LogP) is 5.11. The Balaban J connectivity index is 2.05. The Kier molecular flexibility index (Phi) is 4.41. The molecule has 0 saturated heterocycles. The average Bonchev–Trinajstić information content (AvgIpc) is 2.94. The molecule has 0 fully saturated rings. The number of hydrogen-bond acceptors (Lipinski definition) is 2. The van der Waals surface area contributed by atoms with Gasteiger partial charge in [-0.2, -0.15) is 0 Å². The van der Waals surface area contributed by atoms with Crippen molar-refractivity contribution in [2.75, 3.05) is 13.2 Å². The maximum absolute atomic E-state index is 6.75. The molecule has 0 aliphatic carbocycles. The smallest absolute Gasteiger partial charge is 0.127 e. The summed E-state index contributed by atoms with van der Waals surface area (Å²) in [6.07, 6.45) is 0.929. The molecule has 21 heavy (non-hydrogen) atoms. The van der Waals surface area contributed by atoms with Crippen LogP contribution in [-0.4, -0.2) is 13.2 Å². The number of rotatable bonds is 4. The van der Waals surface area contributed by atoms with Gasteiger partial charge in [-0.05, 0) is 30.7 Å². The van der Waals surface area contributed by atoms with Gasteiger partial charge in [-0.15, -0.1) is 11.6 Å². The fraction of sp³-hybridized carbons (Fsp3) is 0.294. The lowest BCUT2D eigenvalue weighted by molar-refractivity contribution is 0.336. The first kappa shape index (κ1) is 14.7. The highest BCUT2D eigenvalue weighted by Crippen LogP contribution is 2.43. The molecule has 0 aromatic heterocycles. The third kappa shape index (κ3) is 2.90. The van der Waals surface area contributed by atoms with Crippen LogP contribution in [0.2, 0.25) is 0 Å². The van der Waals surface area contributed by atoms with Crippen molar-refractivity contribution >= 4 is 27.5 Å². The lowest BCUT2D eigenvalue weighted by Gasteiger charge is -2.18. The molecule has 1 aliphatic heterocycles. The molecule has 2 aromatic rings. The average molecular weight is 368 g/mol. The Morgan fingerprint density at radius 1 is 1.29 bits per heavy atom. The monoisotopic (exact) mass is 366 g/mol. The fourth-order valence-corrected chi connectivity index (χ4v) is 3.50. The molecule has 110 valence electrons. The molecule has 2 aromatic carbocycles. The highest BCUT2D eigenvalue weighted by atomic mass is 79.9. The lowest BCUT2D eigenvalue weighted by atomic mass is 10.00. The maximum Gasteiger partial charge on any atom is 0.127 e. The summed E-state index contributed by atoms with van der Waals surface area (Å²) in [6, 6.07) is 12.0. The lowest BCUT2D eigenvalue weighted by Crippen LogP contribution is -2.02. The van der Waals surface area contributed by atoms with Crippen LogP contribution in [0.3, 0.4) is 0 Å². The number of alkyl halides is 1. The van der Waals surface area contributed by atoms with Crippen molar-refractivity contribution in [2.45, 2.75) is 18.7 Å². The van der Waals surface area contributed by atoms with Gasteiger partial charge in [-0.1, -0.05) is 34.1 Å². The van der Waals surface area contributed by atoms with Gasteiger partial charge >= 0.3 is 0 Å². The molecule has 2 nitrogen and oxygen atoms in total. The molecule has 0 N–H and O–H groups in total. The fourth-order valence-electron chi connectivity index (χ4n) is 2.63. The molecule has 0 radical (unpaired) electrons. The first-order valence-electron chi connectivity index (χ1n) is 7.01. The Hall–Kier alpha value is -1.19. The molecule has 0 saturated carbocycles. The number of ether oxygens (including phenoxy) is 2. The van der Waals surface area contributed by atoms with E-state index < -0.39 is 0 Å². The Morgan fingerprint density at radius 3 is 2.90 bits per heavy atom. The van der Waals surface area contributed by atoms with Crippen molar-refractivity contribution in [3.05, 3.63) is 57.6 Å². The summed E-state index contributed by atoms with van der Waals surface area (Å²) in [5, 5.41) is -0.294. The minimum atomic E-state index is -0.294. The van der Waals surface area contributed by atoms with Gasteiger partial charge in [0.1, 0.15) is 11.5 Å². The van der Waals surface area contributed by atoms with Gasteiger partial charge in [0.15, 0.2) is 0 Å². The van der Waals surface area contributed by atoms with Crippen LogP contribution in [0, 0.1) is 0 Å². The first-order valence-corrected chi connectivity index (χ1v) is 8.24. The van der Waals surface area contributed by atoms with Crippen molar-refractivity contribution in [1.82, 2.24) is 0 Å². The zero-order valence-electron chi connectivity index (χ0n) is 11.7. The van der Waals surface area contributed by atoms with Crippen LogP contribution in [0.1, 0.15) is 29.0 Å². The van der Waals surface area contributed by atoms with E-state index in [1.54, 1.807) is 0 Å². The molecule has 1 unspecified atom stereocenters. The normalized spacial score (nSPS) is 14.4. The van der Waals surface area contributed by atoms with E-state index in [0.29, 0.717) is 6.61 Å². The van der Waals surface area contributed by atoms with Gasteiger partial charge in [0.2, 0.25) is 0 Å². The zero-order chi connectivity index (χ0) is 14.8. The van der Waals surface area contributed by atoms with Crippen LogP contribution in [0.5, 0.6) is 11.5 Å². The second-order valence-electron chi connectivity index (χ2n) is 4.92. The molecule has 1 atom stereocenters. The number of para-hydroxylation sites is 1. The van der Waals surface area contributed by atoms with Gasteiger partial charge in [0.05, 0.1) is 18.6 Å². The summed E-state index contributed by atoms with van der Waals surface area (Å²) in [5.74, 6) is 1.75. The number of halogens is 2. The highest BCUT2D eigenvalue weighted by Gasteiger charge is 2.25. The molecule has 1 aliphatic rings. The third-order valence-electron chi connectivity index (χ3n) is 3.54. The summed E-state index contributed by atoms with van der Waals surface area (Å²) >= 11 is 10.3. The van der Waals surface area contributed by atoms with Crippen molar-refractivity contribution in [1.29, 1.82) is 0 Å². The first-order chi connectivity index (χ1) is 10.2. The quantitative estimate of drug-likeness (QED) is 0.699. The summed E-state index contributed by atoms with van der Waals surface area (Å²) in [4.78, 5) is 0. The van der Waals surface area contributed by atoms with E-state index in [9.17, 15) is 0 Å². The molecule has 1 heterocycles. The van der Waals surface area contributed by atoms with Crippen molar-refractivity contribution in [3.8, 4) is 11.5 Å². The van der Waals surface area contributed by atoms with E-state index >= 15 is 0 Å². The minimum absolute atomic E-state index is 0.294. The van der Waals surface area contributed by atoms with Crippen molar-refractivity contribution < 1.29 is 9.47 Å². The summed E-state index contributed by atoms with van der Waals surface area (Å²) in [6.45, 7) is 3.31. The number of benzene rings is 2. The van der Waals surface area contributed by atoms with E-state index in [2.05, 4.69) is 22.0 Å². The minimum Gasteiger partial charge on any atom is -0.494 e. The van der Waals surface area contributed by atoms with Crippen molar-refractivity contribution in [3.63, 3.8) is 0 Å². The molecular weight excluding hydrogens is 352 g/mol. The third-order valence-corrected chi connectivity index (χ3v) is 4.47. The van der Waals surface area contributed by atoms with Crippen LogP contribution >= 0.6 is 27.5 Å². The van der Waals surface area contributed by atoms with Crippen LogP contribution in [0.4, 0.5) is 0 Å². The van der Waals surface area contributed by atoms with Crippen LogP contribution in [0.25, 0.3) is 0 Å². The molecular formula is C17H16BrClO2. The molecule has 0 spiro atoms. The maximum atomic E-state index is 6.75. The summed E-state index contributed by atoms with van der Waals surface area (Å²) in [5.41, 5.74) is 3.17. The Morgan fingerprint density at radius 2 is 2.10 bits per heavy atom. The van der Waals surface area contributed by atoms with Gasteiger partial charge in [-0.25, -0.2) is 0 Å².